The molecule has 0 aliphatic carbocycles. The smallest absolute Gasteiger partial charge is 0.379 e. The molecule has 0 aliphatic rings. The number of alkyl halides is 3. The molecule has 0 aromatic carbocycles. The lowest BCUT2D eigenvalue weighted by molar-refractivity contribution is -0.161. The minimum Gasteiger partial charge on any atom is -0.379 e. The molecule has 7 heteroatoms. The second kappa shape index (κ2) is 14.2. The summed E-state index contributed by atoms with van der Waals surface area (Å²) in [5.41, 5.74) is 2.18. The highest BCUT2D eigenvalue weighted by Gasteiger charge is 2.36. The molecule has 0 aromatic heterocycles. The Morgan fingerprint density at radius 2 is 1.65 bits per heavy atom. The summed E-state index contributed by atoms with van der Waals surface area (Å²) >= 11 is 0. The van der Waals surface area contributed by atoms with Crippen LogP contribution in [0.4, 0.5) is 13.2 Å². The maximum absolute atomic E-state index is 13.0. The number of halogens is 3. The Morgan fingerprint density at radius 3 is 2.10 bits per heavy atom. The molecule has 0 spiro atoms. The van der Waals surface area contributed by atoms with Gasteiger partial charge in [0.05, 0.1) is 12.5 Å². The first kappa shape index (κ1) is 29.1. The number of hydrogen-bond donors (Lipinski definition) is 0. The normalized spacial score (nSPS) is 15.2. The lowest BCUT2D eigenvalue weighted by Gasteiger charge is -2.26. The zero-order valence-electron chi connectivity index (χ0n) is 20.6. The van der Waals surface area contributed by atoms with Crippen LogP contribution in [0.15, 0.2) is 35.7 Å². The average Bonchev–Trinajstić information content (AvgIpc) is 2.68. The largest absolute Gasteiger partial charge is 0.395 e. The molecule has 0 rings (SSSR count). The van der Waals surface area contributed by atoms with Crippen LogP contribution in [0.2, 0.25) is 0 Å². The summed E-state index contributed by atoms with van der Waals surface area (Å²) in [6.45, 7) is 8.75. The van der Waals surface area contributed by atoms with E-state index in [2.05, 4.69) is 24.1 Å². The SMILES string of the molecule is CC/C(=C\CC/C(=C\N(C)CC)N(C)CC(=O)N(C)C)C(C)C=CC(CC)C(F)(F)F. The molecule has 0 aromatic rings. The molecule has 2 atom stereocenters. The molecular formula is C24H42F3N3O. The van der Waals surface area contributed by atoms with Gasteiger partial charge in [-0.25, -0.2) is 0 Å². The summed E-state index contributed by atoms with van der Waals surface area (Å²) in [7, 11) is 7.39. The summed E-state index contributed by atoms with van der Waals surface area (Å²) in [6.07, 6.45) is 5.33. The van der Waals surface area contributed by atoms with E-state index in [-0.39, 0.29) is 18.2 Å². The van der Waals surface area contributed by atoms with Crippen molar-refractivity contribution in [3.63, 3.8) is 0 Å². The minimum atomic E-state index is -4.19. The molecule has 0 N–H and O–H groups in total. The number of carbonyl (C=O) groups is 1. The summed E-state index contributed by atoms with van der Waals surface area (Å²) in [4.78, 5) is 17.7. The van der Waals surface area contributed by atoms with E-state index < -0.39 is 12.1 Å². The molecule has 31 heavy (non-hydrogen) atoms. The van der Waals surface area contributed by atoms with Crippen LogP contribution in [0.1, 0.15) is 53.4 Å². The molecule has 0 aliphatic heterocycles. The van der Waals surface area contributed by atoms with Crippen LogP contribution in [0.3, 0.4) is 0 Å². The number of amides is 1. The van der Waals surface area contributed by atoms with Crippen molar-refractivity contribution in [2.75, 3.05) is 41.3 Å². The van der Waals surface area contributed by atoms with Crippen LogP contribution in [0.5, 0.6) is 0 Å². The third kappa shape index (κ3) is 11.3. The molecule has 0 heterocycles. The van der Waals surface area contributed by atoms with Gasteiger partial charge in [0.1, 0.15) is 0 Å². The molecule has 0 fully saturated rings. The molecule has 1 amide bonds. The highest BCUT2D eigenvalue weighted by Crippen LogP contribution is 2.30. The lowest BCUT2D eigenvalue weighted by Crippen LogP contribution is -2.34. The Balaban J connectivity index is 5.28. The van der Waals surface area contributed by atoms with Crippen molar-refractivity contribution in [3.8, 4) is 0 Å². The predicted molar refractivity (Wildman–Crippen MR) is 123 cm³/mol. The van der Waals surface area contributed by atoms with Gasteiger partial charge in [-0.3, -0.25) is 4.79 Å². The highest BCUT2D eigenvalue weighted by atomic mass is 19.4. The van der Waals surface area contributed by atoms with Gasteiger partial charge in [-0.15, -0.1) is 0 Å². The quantitative estimate of drug-likeness (QED) is 0.340. The Labute approximate surface area is 187 Å². The van der Waals surface area contributed by atoms with Crippen LogP contribution >= 0.6 is 0 Å². The lowest BCUT2D eigenvalue weighted by atomic mass is 9.94. The third-order valence-corrected chi connectivity index (χ3v) is 5.52. The Kier molecular flexibility index (Phi) is 13.3. The van der Waals surface area contributed by atoms with Crippen molar-refractivity contribution in [2.45, 2.75) is 59.6 Å². The van der Waals surface area contributed by atoms with E-state index in [0.717, 1.165) is 37.1 Å². The van der Waals surface area contributed by atoms with E-state index in [4.69, 9.17) is 0 Å². The van der Waals surface area contributed by atoms with Crippen molar-refractivity contribution in [1.29, 1.82) is 0 Å². The van der Waals surface area contributed by atoms with Crippen LogP contribution in [0.25, 0.3) is 0 Å². The number of nitrogens with zero attached hydrogens (tertiary/aromatic N) is 3. The Bertz CT molecular complexity index is 624. The summed E-state index contributed by atoms with van der Waals surface area (Å²) in [5.74, 6) is -1.40. The number of likely N-dealkylation sites (N-methyl/N-ethyl adjacent to an activating group) is 2. The maximum atomic E-state index is 13.0. The number of carbonyl (C=O) groups excluding carboxylic acids is 1. The zero-order valence-corrected chi connectivity index (χ0v) is 20.6. The fourth-order valence-corrected chi connectivity index (χ4v) is 3.10. The van der Waals surface area contributed by atoms with Gasteiger partial charge in [-0.2, -0.15) is 13.2 Å². The van der Waals surface area contributed by atoms with Gasteiger partial charge in [0.25, 0.3) is 0 Å². The van der Waals surface area contributed by atoms with Crippen LogP contribution < -0.4 is 0 Å². The van der Waals surface area contributed by atoms with Crippen LogP contribution in [-0.2, 0) is 4.79 Å². The first-order chi connectivity index (χ1) is 14.4. The van der Waals surface area contributed by atoms with Gasteiger partial charge in [0.15, 0.2) is 0 Å². The topological polar surface area (TPSA) is 26.8 Å². The van der Waals surface area contributed by atoms with Gasteiger partial charge in [-0.05, 0) is 38.5 Å². The van der Waals surface area contributed by atoms with Gasteiger partial charge in [0.2, 0.25) is 5.91 Å². The molecule has 2 unspecified atom stereocenters. The van der Waals surface area contributed by atoms with Crippen molar-refractivity contribution in [3.05, 3.63) is 35.7 Å². The summed E-state index contributed by atoms with van der Waals surface area (Å²) in [5, 5.41) is 0. The molecule has 180 valence electrons. The number of allylic oxidation sites excluding steroid dienone is 5. The predicted octanol–water partition coefficient (Wildman–Crippen LogP) is 5.70. The van der Waals surface area contributed by atoms with Gasteiger partial charge in [-0.1, -0.05) is 44.6 Å². The fraction of sp³-hybridized carbons (Fsp3) is 0.708. The van der Waals surface area contributed by atoms with Gasteiger partial charge >= 0.3 is 6.18 Å². The number of hydrogen-bond acceptors (Lipinski definition) is 3. The monoisotopic (exact) mass is 445 g/mol. The fourth-order valence-electron chi connectivity index (χ4n) is 3.10. The zero-order chi connectivity index (χ0) is 24.2. The van der Waals surface area contributed by atoms with Crippen molar-refractivity contribution < 1.29 is 18.0 Å². The van der Waals surface area contributed by atoms with E-state index in [9.17, 15) is 18.0 Å². The number of rotatable bonds is 13. The van der Waals surface area contributed by atoms with Crippen molar-refractivity contribution >= 4 is 5.91 Å². The van der Waals surface area contributed by atoms with Gasteiger partial charge in [0, 0.05) is 46.6 Å². The first-order valence-electron chi connectivity index (χ1n) is 11.1. The standard InChI is InChI=1S/C24H42F3N3O/c1-9-20(19(4)15-16-21(10-2)24(25,26)27)13-12-14-22(17-29(7)11-3)30(8)18-23(31)28(5)6/h13,15-17,19,21H,9-12,14,18H2,1-8H3/b16-15?,20-13+,22-17+. The van der Waals surface area contributed by atoms with E-state index in [1.165, 1.54) is 6.08 Å². The second-order valence-electron chi connectivity index (χ2n) is 8.24. The average molecular weight is 446 g/mol. The highest BCUT2D eigenvalue weighted by molar-refractivity contribution is 5.77. The molecule has 0 radical (unpaired) electrons. The Hall–Kier alpha value is -1.92. The summed E-state index contributed by atoms with van der Waals surface area (Å²) in [6, 6.07) is 0. The first-order valence-corrected chi connectivity index (χ1v) is 11.1. The molecular weight excluding hydrogens is 403 g/mol. The molecule has 0 saturated carbocycles. The molecule has 4 nitrogen and oxygen atoms in total. The van der Waals surface area contributed by atoms with Gasteiger partial charge < -0.3 is 14.7 Å². The molecule has 0 bridgehead atoms. The second-order valence-corrected chi connectivity index (χ2v) is 8.24. The molecule has 0 saturated heterocycles. The van der Waals surface area contributed by atoms with E-state index >= 15 is 0 Å². The van der Waals surface area contributed by atoms with Crippen molar-refractivity contribution in [1.82, 2.24) is 14.7 Å². The van der Waals surface area contributed by atoms with Crippen LogP contribution in [-0.4, -0.2) is 68.1 Å². The van der Waals surface area contributed by atoms with E-state index in [1.807, 2.05) is 32.8 Å². The maximum Gasteiger partial charge on any atom is 0.395 e. The van der Waals surface area contributed by atoms with Crippen LogP contribution in [0, 0.1) is 11.8 Å². The van der Waals surface area contributed by atoms with E-state index in [0.29, 0.717) is 6.54 Å². The summed E-state index contributed by atoms with van der Waals surface area (Å²) < 4.78 is 39.0. The van der Waals surface area contributed by atoms with Crippen molar-refractivity contribution in [2.24, 2.45) is 11.8 Å². The Morgan fingerprint density at radius 1 is 1.03 bits per heavy atom. The van der Waals surface area contributed by atoms with E-state index in [1.54, 1.807) is 32.0 Å². The minimum absolute atomic E-state index is 0.0336. The third-order valence-electron chi connectivity index (χ3n) is 5.52.